The summed E-state index contributed by atoms with van der Waals surface area (Å²) in [5.41, 5.74) is 0.522. The first-order valence-corrected chi connectivity index (χ1v) is 7.88. The molecule has 5 saturated carbocycles. The highest BCUT2D eigenvalue weighted by molar-refractivity contribution is 5.80. The molecule has 0 N–H and O–H groups in total. The minimum absolute atomic E-state index is 0.393. The van der Waals surface area contributed by atoms with E-state index in [0.717, 1.165) is 37.1 Å². The van der Waals surface area contributed by atoms with Crippen LogP contribution in [0.4, 0.5) is 0 Å². The molecule has 0 aromatic rings. The Balaban J connectivity index is 1.48. The second-order valence-electron chi connectivity index (χ2n) is 7.89. The predicted octanol–water partition coefficient (Wildman–Crippen LogP) is 3.07. The van der Waals surface area contributed by atoms with E-state index in [1.165, 1.54) is 38.5 Å². The Morgan fingerprint density at radius 1 is 1.06 bits per heavy atom. The third kappa shape index (κ3) is 1.80. The number of hydrogen-bond acceptors (Lipinski definition) is 1. The molecule has 0 aromatic carbocycles. The average molecular weight is 247 g/mol. The summed E-state index contributed by atoms with van der Waals surface area (Å²) in [6.45, 7) is 1.06. The summed E-state index contributed by atoms with van der Waals surface area (Å²) in [6, 6.07) is 0. The Labute approximate surface area is 110 Å². The first kappa shape index (κ1) is 11.3. The maximum absolute atomic E-state index is 12.2. The van der Waals surface area contributed by atoms with Gasteiger partial charge in [0.15, 0.2) is 0 Å². The van der Waals surface area contributed by atoms with Gasteiger partial charge in [-0.3, -0.25) is 4.79 Å². The standard InChI is InChI=1S/C16H25NO/c1-17(15(18)14-2-3-14)10-16-7-11-4-12(8-16)6-13(5-11)9-16/h11-14H,2-10H2,1H3. The highest BCUT2D eigenvalue weighted by Crippen LogP contribution is 2.60. The number of rotatable bonds is 3. The molecule has 5 aliphatic carbocycles. The summed E-state index contributed by atoms with van der Waals surface area (Å²) in [5.74, 6) is 3.83. The van der Waals surface area contributed by atoms with Crippen LogP contribution in [0.5, 0.6) is 0 Å². The Kier molecular flexibility index (Phi) is 2.35. The zero-order chi connectivity index (χ0) is 12.3. The highest BCUT2D eigenvalue weighted by Gasteiger charge is 2.51. The van der Waals surface area contributed by atoms with Crippen molar-refractivity contribution in [1.82, 2.24) is 4.90 Å². The van der Waals surface area contributed by atoms with Crippen LogP contribution in [0.15, 0.2) is 0 Å². The molecule has 0 atom stereocenters. The normalized spacial score (nSPS) is 45.3. The minimum Gasteiger partial charge on any atom is -0.345 e. The van der Waals surface area contributed by atoms with Gasteiger partial charge in [0.25, 0.3) is 0 Å². The largest absolute Gasteiger partial charge is 0.345 e. The zero-order valence-corrected chi connectivity index (χ0v) is 11.5. The number of hydrogen-bond donors (Lipinski definition) is 0. The highest BCUT2D eigenvalue weighted by atomic mass is 16.2. The van der Waals surface area contributed by atoms with Crippen LogP contribution in [0.3, 0.4) is 0 Å². The lowest BCUT2D eigenvalue weighted by Crippen LogP contribution is -2.51. The summed E-state index contributed by atoms with van der Waals surface area (Å²) in [6.07, 6.45) is 11.0. The summed E-state index contributed by atoms with van der Waals surface area (Å²) in [4.78, 5) is 14.2. The van der Waals surface area contributed by atoms with Crippen molar-refractivity contribution < 1.29 is 4.79 Å². The molecule has 0 spiro atoms. The van der Waals surface area contributed by atoms with Gasteiger partial charge >= 0.3 is 0 Å². The van der Waals surface area contributed by atoms with Gasteiger partial charge in [-0.1, -0.05) is 0 Å². The van der Waals surface area contributed by atoms with E-state index < -0.39 is 0 Å². The van der Waals surface area contributed by atoms with Crippen LogP contribution in [-0.4, -0.2) is 24.4 Å². The van der Waals surface area contributed by atoms with Gasteiger partial charge in [-0.15, -0.1) is 0 Å². The number of carbonyl (C=O) groups excluding carboxylic acids is 1. The average Bonchev–Trinajstić information content (AvgIpc) is 3.08. The molecule has 18 heavy (non-hydrogen) atoms. The Hall–Kier alpha value is -0.530. The van der Waals surface area contributed by atoms with Crippen molar-refractivity contribution in [3.63, 3.8) is 0 Å². The first-order chi connectivity index (χ1) is 8.63. The van der Waals surface area contributed by atoms with E-state index in [1.807, 2.05) is 0 Å². The van der Waals surface area contributed by atoms with E-state index in [2.05, 4.69) is 11.9 Å². The smallest absolute Gasteiger partial charge is 0.225 e. The summed E-state index contributed by atoms with van der Waals surface area (Å²) in [5, 5.41) is 0. The van der Waals surface area contributed by atoms with Crippen molar-refractivity contribution in [3.8, 4) is 0 Å². The maximum atomic E-state index is 12.2. The zero-order valence-electron chi connectivity index (χ0n) is 11.5. The lowest BCUT2D eigenvalue weighted by molar-refractivity contribution is -0.136. The fraction of sp³-hybridized carbons (Fsp3) is 0.938. The van der Waals surface area contributed by atoms with Gasteiger partial charge in [-0.2, -0.15) is 0 Å². The summed E-state index contributed by atoms with van der Waals surface area (Å²) < 4.78 is 0. The van der Waals surface area contributed by atoms with Gasteiger partial charge in [-0.25, -0.2) is 0 Å². The van der Waals surface area contributed by atoms with Crippen LogP contribution in [0.2, 0.25) is 0 Å². The molecule has 0 aromatic heterocycles. The van der Waals surface area contributed by atoms with E-state index in [0.29, 0.717) is 17.2 Å². The topological polar surface area (TPSA) is 20.3 Å². The lowest BCUT2D eigenvalue weighted by Gasteiger charge is -2.57. The van der Waals surface area contributed by atoms with Crippen molar-refractivity contribution in [3.05, 3.63) is 0 Å². The van der Waals surface area contributed by atoms with E-state index in [4.69, 9.17) is 0 Å². The Bertz CT molecular complexity index is 336. The van der Waals surface area contributed by atoms with Crippen LogP contribution in [0, 0.1) is 29.1 Å². The Morgan fingerprint density at radius 3 is 2.00 bits per heavy atom. The van der Waals surface area contributed by atoms with Gasteiger partial charge in [0.2, 0.25) is 5.91 Å². The third-order valence-electron chi connectivity index (χ3n) is 6.04. The van der Waals surface area contributed by atoms with E-state index in [-0.39, 0.29) is 0 Å². The second kappa shape index (κ2) is 3.74. The Morgan fingerprint density at radius 2 is 1.56 bits per heavy atom. The van der Waals surface area contributed by atoms with Crippen molar-refractivity contribution >= 4 is 5.91 Å². The molecule has 0 heterocycles. The second-order valence-corrected chi connectivity index (χ2v) is 7.89. The lowest BCUT2D eigenvalue weighted by atomic mass is 9.49. The first-order valence-electron chi connectivity index (χ1n) is 7.88. The molecule has 5 fully saturated rings. The van der Waals surface area contributed by atoms with Gasteiger partial charge in [-0.05, 0) is 74.5 Å². The van der Waals surface area contributed by atoms with E-state index in [1.54, 1.807) is 0 Å². The SMILES string of the molecule is CN(CC12CC3CC(CC(C3)C1)C2)C(=O)C1CC1. The van der Waals surface area contributed by atoms with Crippen LogP contribution in [0.25, 0.3) is 0 Å². The predicted molar refractivity (Wildman–Crippen MR) is 71.0 cm³/mol. The van der Waals surface area contributed by atoms with Crippen LogP contribution < -0.4 is 0 Å². The number of amides is 1. The molecule has 0 radical (unpaired) electrons. The molecule has 0 aliphatic heterocycles. The molecular weight excluding hydrogens is 222 g/mol. The molecule has 2 nitrogen and oxygen atoms in total. The molecule has 0 unspecified atom stereocenters. The van der Waals surface area contributed by atoms with Crippen molar-refractivity contribution in [2.75, 3.05) is 13.6 Å². The quantitative estimate of drug-likeness (QED) is 0.750. The maximum Gasteiger partial charge on any atom is 0.225 e. The molecule has 5 rings (SSSR count). The van der Waals surface area contributed by atoms with Crippen molar-refractivity contribution in [1.29, 1.82) is 0 Å². The van der Waals surface area contributed by atoms with E-state index in [9.17, 15) is 4.79 Å². The summed E-state index contributed by atoms with van der Waals surface area (Å²) >= 11 is 0. The van der Waals surface area contributed by atoms with Crippen molar-refractivity contribution in [2.45, 2.75) is 51.4 Å². The fourth-order valence-electron chi connectivity index (χ4n) is 5.71. The monoisotopic (exact) mass is 247 g/mol. The molecule has 2 heteroatoms. The van der Waals surface area contributed by atoms with Crippen molar-refractivity contribution in [2.24, 2.45) is 29.1 Å². The van der Waals surface area contributed by atoms with Gasteiger partial charge < -0.3 is 4.90 Å². The minimum atomic E-state index is 0.393. The number of nitrogens with zero attached hydrogens (tertiary/aromatic N) is 1. The molecular formula is C16H25NO. The molecule has 100 valence electrons. The molecule has 1 amide bonds. The van der Waals surface area contributed by atoms with Gasteiger partial charge in [0.05, 0.1) is 0 Å². The van der Waals surface area contributed by atoms with Crippen LogP contribution >= 0.6 is 0 Å². The molecule has 0 saturated heterocycles. The van der Waals surface area contributed by atoms with Crippen LogP contribution in [0.1, 0.15) is 51.4 Å². The van der Waals surface area contributed by atoms with Gasteiger partial charge in [0, 0.05) is 19.5 Å². The van der Waals surface area contributed by atoms with Crippen LogP contribution in [-0.2, 0) is 4.79 Å². The fourth-order valence-corrected chi connectivity index (χ4v) is 5.71. The molecule has 5 aliphatic rings. The third-order valence-corrected chi connectivity index (χ3v) is 6.04. The number of carbonyl (C=O) groups is 1. The van der Waals surface area contributed by atoms with Gasteiger partial charge in [0.1, 0.15) is 0 Å². The summed E-state index contributed by atoms with van der Waals surface area (Å²) in [7, 11) is 2.05. The van der Waals surface area contributed by atoms with E-state index >= 15 is 0 Å². The molecule has 4 bridgehead atoms.